The summed E-state index contributed by atoms with van der Waals surface area (Å²) in [6.45, 7) is 0.697. The SMILES string of the molecule is O=c1[nH]c(/C=C/c2cn(Cc3ccccc3)c3ccccc23)nc(O)c1[N+](=O)[O-]. The fourth-order valence-corrected chi connectivity index (χ4v) is 3.20. The number of nitro groups is 1. The molecule has 8 heteroatoms. The van der Waals surface area contributed by atoms with Gasteiger partial charge in [0.15, 0.2) is 0 Å². The van der Waals surface area contributed by atoms with Crippen molar-refractivity contribution in [2.75, 3.05) is 0 Å². The zero-order valence-corrected chi connectivity index (χ0v) is 15.1. The van der Waals surface area contributed by atoms with E-state index in [1.54, 1.807) is 6.08 Å². The largest absolute Gasteiger partial charge is 0.488 e. The molecule has 2 aromatic heterocycles. The summed E-state index contributed by atoms with van der Waals surface area (Å²) >= 11 is 0. The Balaban J connectivity index is 1.72. The van der Waals surface area contributed by atoms with Crippen LogP contribution in [0, 0.1) is 10.1 Å². The normalized spacial score (nSPS) is 11.3. The minimum Gasteiger partial charge on any atom is -0.488 e. The van der Waals surface area contributed by atoms with Crippen molar-refractivity contribution in [3.63, 3.8) is 0 Å². The Bertz CT molecular complexity index is 1290. The second kappa shape index (κ2) is 7.43. The first-order valence-corrected chi connectivity index (χ1v) is 8.80. The number of para-hydroxylation sites is 1. The molecule has 29 heavy (non-hydrogen) atoms. The van der Waals surface area contributed by atoms with Gasteiger partial charge < -0.3 is 14.7 Å². The van der Waals surface area contributed by atoms with Gasteiger partial charge in [-0.15, -0.1) is 0 Å². The van der Waals surface area contributed by atoms with Gasteiger partial charge in [-0.25, -0.2) is 0 Å². The number of nitrogens with zero attached hydrogens (tertiary/aromatic N) is 3. The van der Waals surface area contributed by atoms with E-state index < -0.39 is 22.0 Å². The fourth-order valence-electron chi connectivity index (χ4n) is 3.20. The highest BCUT2D eigenvalue weighted by atomic mass is 16.6. The fraction of sp³-hybridized carbons (Fsp3) is 0.0476. The number of H-pyrrole nitrogens is 1. The number of aromatic amines is 1. The minimum absolute atomic E-state index is 0.0259. The smallest absolute Gasteiger partial charge is 0.395 e. The van der Waals surface area contributed by atoms with Crippen LogP contribution in [0.2, 0.25) is 0 Å². The molecule has 0 aliphatic rings. The van der Waals surface area contributed by atoms with Crippen molar-refractivity contribution in [1.82, 2.24) is 14.5 Å². The maximum absolute atomic E-state index is 11.8. The Labute approximate surface area is 164 Å². The number of fused-ring (bicyclic) bond motifs is 1. The van der Waals surface area contributed by atoms with Gasteiger partial charge in [-0.2, -0.15) is 4.98 Å². The summed E-state index contributed by atoms with van der Waals surface area (Å²) < 4.78 is 2.12. The molecular formula is C21H16N4O4. The van der Waals surface area contributed by atoms with Gasteiger partial charge in [0, 0.05) is 29.2 Å². The molecule has 0 amide bonds. The van der Waals surface area contributed by atoms with Crippen molar-refractivity contribution in [2.24, 2.45) is 0 Å². The molecular weight excluding hydrogens is 372 g/mol. The van der Waals surface area contributed by atoms with E-state index in [0.717, 1.165) is 22.0 Å². The summed E-state index contributed by atoms with van der Waals surface area (Å²) in [5.41, 5.74) is 1.12. The Kier molecular flexibility index (Phi) is 4.66. The van der Waals surface area contributed by atoms with E-state index in [2.05, 4.69) is 26.7 Å². The zero-order chi connectivity index (χ0) is 20.4. The van der Waals surface area contributed by atoms with Crippen LogP contribution in [0.1, 0.15) is 17.0 Å². The number of nitrogens with one attached hydrogen (secondary N) is 1. The molecule has 2 N–H and O–H groups in total. The lowest BCUT2D eigenvalue weighted by atomic mass is 10.1. The van der Waals surface area contributed by atoms with Gasteiger partial charge in [-0.3, -0.25) is 14.9 Å². The molecule has 0 fully saturated rings. The first kappa shape index (κ1) is 18.2. The van der Waals surface area contributed by atoms with Crippen molar-refractivity contribution < 1.29 is 10.0 Å². The van der Waals surface area contributed by atoms with Gasteiger partial charge in [0.05, 0.1) is 4.92 Å². The monoisotopic (exact) mass is 388 g/mol. The van der Waals surface area contributed by atoms with Crippen molar-refractivity contribution in [3.05, 3.63) is 98.2 Å². The predicted octanol–water partition coefficient (Wildman–Crippen LogP) is 3.56. The Morgan fingerprint density at radius 2 is 1.83 bits per heavy atom. The number of benzene rings is 2. The molecule has 8 nitrogen and oxygen atoms in total. The highest BCUT2D eigenvalue weighted by Crippen LogP contribution is 2.24. The number of aromatic hydroxyl groups is 1. The van der Waals surface area contributed by atoms with Crippen LogP contribution in [0.3, 0.4) is 0 Å². The van der Waals surface area contributed by atoms with Gasteiger partial charge in [-0.1, -0.05) is 48.5 Å². The van der Waals surface area contributed by atoms with E-state index in [1.807, 2.05) is 48.7 Å². The van der Waals surface area contributed by atoms with E-state index >= 15 is 0 Å². The second-order valence-corrected chi connectivity index (χ2v) is 6.43. The van der Waals surface area contributed by atoms with E-state index in [1.165, 1.54) is 6.08 Å². The highest BCUT2D eigenvalue weighted by Gasteiger charge is 2.21. The quantitative estimate of drug-likeness (QED) is 0.401. The van der Waals surface area contributed by atoms with Gasteiger partial charge >= 0.3 is 11.2 Å². The van der Waals surface area contributed by atoms with Gasteiger partial charge in [-0.05, 0) is 23.8 Å². The summed E-state index contributed by atoms with van der Waals surface area (Å²) in [7, 11) is 0. The lowest BCUT2D eigenvalue weighted by Gasteiger charge is -2.05. The lowest BCUT2D eigenvalue weighted by molar-refractivity contribution is -0.387. The van der Waals surface area contributed by atoms with Crippen LogP contribution in [0.25, 0.3) is 23.1 Å². The summed E-state index contributed by atoms with van der Waals surface area (Å²) in [5.74, 6) is -0.886. The molecule has 0 bridgehead atoms. The van der Waals surface area contributed by atoms with E-state index in [0.29, 0.717) is 6.54 Å². The van der Waals surface area contributed by atoms with Gasteiger partial charge in [0.1, 0.15) is 5.82 Å². The summed E-state index contributed by atoms with van der Waals surface area (Å²) in [6.07, 6.45) is 5.23. The molecule has 0 atom stereocenters. The third-order valence-corrected chi connectivity index (χ3v) is 4.51. The number of hydrogen-bond acceptors (Lipinski definition) is 5. The van der Waals surface area contributed by atoms with Gasteiger partial charge in [0.25, 0.3) is 5.88 Å². The standard InChI is InChI=1S/C21H16N4O4/c26-20-19(25(28)29)21(27)23-18(22-20)11-10-15-13-24(12-14-6-2-1-3-7-14)17-9-5-4-8-16(15)17/h1-11,13H,12H2,(H2,22,23,26,27)/b11-10+. The third-order valence-electron chi connectivity index (χ3n) is 4.51. The molecule has 4 rings (SSSR count). The molecule has 0 spiro atoms. The van der Waals surface area contributed by atoms with Crippen LogP contribution in [-0.4, -0.2) is 24.6 Å². The van der Waals surface area contributed by atoms with Crippen molar-refractivity contribution >= 4 is 28.7 Å². The van der Waals surface area contributed by atoms with Crippen molar-refractivity contribution in [3.8, 4) is 5.88 Å². The van der Waals surface area contributed by atoms with Crippen molar-refractivity contribution in [1.29, 1.82) is 0 Å². The maximum Gasteiger partial charge on any atom is 0.395 e. The average Bonchev–Trinajstić information content (AvgIpc) is 3.04. The van der Waals surface area contributed by atoms with Crippen LogP contribution < -0.4 is 5.56 Å². The molecule has 144 valence electrons. The van der Waals surface area contributed by atoms with Crippen LogP contribution in [0.4, 0.5) is 5.69 Å². The average molecular weight is 388 g/mol. The first-order chi connectivity index (χ1) is 14.0. The highest BCUT2D eigenvalue weighted by molar-refractivity contribution is 5.91. The zero-order valence-electron chi connectivity index (χ0n) is 15.1. The van der Waals surface area contributed by atoms with Gasteiger partial charge in [0.2, 0.25) is 0 Å². The number of rotatable bonds is 5. The van der Waals surface area contributed by atoms with Crippen molar-refractivity contribution in [2.45, 2.75) is 6.54 Å². The van der Waals surface area contributed by atoms with E-state index in [4.69, 9.17) is 0 Å². The molecule has 2 heterocycles. The Morgan fingerprint density at radius 1 is 1.10 bits per heavy atom. The molecule has 0 saturated heterocycles. The molecule has 4 aromatic rings. The Hall–Kier alpha value is -4.20. The molecule has 2 aromatic carbocycles. The van der Waals surface area contributed by atoms with Crippen LogP contribution in [0.5, 0.6) is 5.88 Å². The number of aromatic nitrogens is 3. The van der Waals surface area contributed by atoms with Crippen LogP contribution in [0.15, 0.2) is 65.6 Å². The molecule has 0 unspecified atom stereocenters. The molecule has 0 radical (unpaired) electrons. The van der Waals surface area contributed by atoms with Crippen LogP contribution in [-0.2, 0) is 6.54 Å². The first-order valence-electron chi connectivity index (χ1n) is 8.80. The van der Waals surface area contributed by atoms with E-state index in [-0.39, 0.29) is 5.82 Å². The lowest BCUT2D eigenvalue weighted by Crippen LogP contribution is -2.14. The predicted molar refractivity (Wildman–Crippen MR) is 110 cm³/mol. The van der Waals surface area contributed by atoms with E-state index in [9.17, 15) is 20.0 Å². The summed E-state index contributed by atoms with van der Waals surface area (Å²) in [5, 5.41) is 21.5. The molecule has 0 aliphatic carbocycles. The summed E-state index contributed by atoms with van der Waals surface area (Å²) in [4.78, 5) is 27.6. The third kappa shape index (κ3) is 3.63. The Morgan fingerprint density at radius 3 is 2.55 bits per heavy atom. The minimum atomic E-state index is -1.01. The summed E-state index contributed by atoms with van der Waals surface area (Å²) in [6, 6.07) is 18.0. The maximum atomic E-state index is 11.8. The topological polar surface area (TPSA) is 114 Å². The number of hydrogen-bond donors (Lipinski definition) is 2. The van der Waals surface area contributed by atoms with Crippen LogP contribution >= 0.6 is 0 Å². The molecule has 0 aliphatic heterocycles. The second-order valence-electron chi connectivity index (χ2n) is 6.43. The molecule has 0 saturated carbocycles.